The molecule has 31 heavy (non-hydrogen) atoms. The number of carbonyl (C=O) groups excluding carboxylic acids is 1. The number of allylic oxidation sites excluding steroid dienone is 1. The minimum Gasteiger partial charge on any atom is -0.843 e. The zero-order chi connectivity index (χ0) is 21.8. The molecule has 1 saturated carbocycles. The number of para-hydroxylation sites is 1. The van der Waals surface area contributed by atoms with Crippen LogP contribution in [0, 0.1) is 5.92 Å². The fourth-order valence-corrected chi connectivity index (χ4v) is 4.96. The number of anilines is 1. The number of hydrogen-bond acceptors (Lipinski definition) is 3. The first kappa shape index (κ1) is 19.7. The number of fused-ring (bicyclic) bond motifs is 3. The number of Topliss-reactive ketones (excluding diaryl/α,β-unsaturated/α-hetero) is 1. The minimum absolute atomic E-state index is 0.107. The van der Waals surface area contributed by atoms with Crippen LogP contribution < -0.4 is 15.0 Å². The van der Waals surface area contributed by atoms with Crippen molar-refractivity contribution in [3.05, 3.63) is 84.1 Å². The molecule has 0 saturated heterocycles. The lowest BCUT2D eigenvalue weighted by Crippen LogP contribution is -2.80. The van der Waals surface area contributed by atoms with Crippen molar-refractivity contribution in [2.45, 2.75) is 32.3 Å². The minimum atomic E-state index is -1.07. The highest BCUT2D eigenvalue weighted by Gasteiger charge is 2.47. The smallest absolute Gasteiger partial charge is 0.227 e. The predicted molar refractivity (Wildman–Crippen MR) is 122 cm³/mol. The molecule has 2 aliphatic rings. The van der Waals surface area contributed by atoms with E-state index >= 15 is 0 Å². The Morgan fingerprint density at radius 3 is 2.45 bits per heavy atom. The largest absolute Gasteiger partial charge is 0.843 e. The van der Waals surface area contributed by atoms with E-state index < -0.39 is 12.0 Å². The summed E-state index contributed by atoms with van der Waals surface area (Å²) in [5.41, 5.74) is 4.22. The van der Waals surface area contributed by atoms with E-state index in [1.165, 1.54) is 22.0 Å². The van der Waals surface area contributed by atoms with Crippen LogP contribution >= 0.6 is 0 Å². The summed E-state index contributed by atoms with van der Waals surface area (Å²) in [6.45, 7) is 7.25. The Hall–Kier alpha value is -3.24. The molecule has 0 spiro atoms. The van der Waals surface area contributed by atoms with Gasteiger partial charge in [0.25, 0.3) is 0 Å². The maximum absolute atomic E-state index is 13.0. The summed E-state index contributed by atoms with van der Waals surface area (Å²) in [6.07, 6.45) is 0.851. The zero-order valence-corrected chi connectivity index (χ0v) is 18.1. The number of nitrogens with one attached hydrogen (secondary N) is 1. The van der Waals surface area contributed by atoms with Crippen molar-refractivity contribution in [3.63, 3.8) is 0 Å². The molecule has 1 heterocycles. The Labute approximate surface area is 182 Å². The Bertz CT molecular complexity index is 1240. The maximum atomic E-state index is 13.0. The molecule has 2 unspecified atom stereocenters. The number of rotatable bonds is 3. The number of likely N-dealkylation sites (N-methyl/N-ethyl adjacent to an activating group) is 1. The number of nitrogens with zero attached hydrogens (tertiary/aromatic N) is 1. The lowest BCUT2D eigenvalue weighted by Gasteiger charge is -2.38. The van der Waals surface area contributed by atoms with Crippen molar-refractivity contribution in [3.8, 4) is 0 Å². The second kappa shape index (κ2) is 7.17. The van der Waals surface area contributed by atoms with Crippen LogP contribution in [0.4, 0.5) is 11.4 Å². The Kier molecular flexibility index (Phi) is 4.56. The van der Waals surface area contributed by atoms with Crippen molar-refractivity contribution in [2.75, 3.05) is 11.4 Å². The van der Waals surface area contributed by atoms with E-state index in [0.717, 1.165) is 17.9 Å². The van der Waals surface area contributed by atoms with Gasteiger partial charge < -0.3 is 10.0 Å². The van der Waals surface area contributed by atoms with Crippen molar-refractivity contribution >= 4 is 33.6 Å². The second-order valence-electron chi connectivity index (χ2n) is 8.82. The highest BCUT2D eigenvalue weighted by Crippen LogP contribution is 2.51. The van der Waals surface area contributed by atoms with Gasteiger partial charge in [-0.25, -0.2) is 4.99 Å². The molecule has 4 heteroatoms. The van der Waals surface area contributed by atoms with Crippen molar-refractivity contribution < 1.29 is 14.9 Å². The lowest BCUT2D eigenvalue weighted by molar-refractivity contribution is -0.437. The molecule has 3 aromatic rings. The number of ketones is 1. The highest BCUT2D eigenvalue weighted by molar-refractivity contribution is 6.47. The van der Waals surface area contributed by atoms with Gasteiger partial charge in [-0.15, -0.1) is 0 Å². The van der Waals surface area contributed by atoms with Crippen LogP contribution in [0.3, 0.4) is 0 Å². The Morgan fingerprint density at radius 1 is 1.03 bits per heavy atom. The number of benzene rings is 3. The number of hydrogen-bond donors (Lipinski definition) is 1. The third-order valence-electron chi connectivity index (χ3n) is 6.66. The molecule has 1 aliphatic heterocycles. The van der Waals surface area contributed by atoms with Crippen LogP contribution in [0.2, 0.25) is 0 Å². The van der Waals surface area contributed by atoms with Gasteiger partial charge >= 0.3 is 0 Å². The zero-order valence-electron chi connectivity index (χ0n) is 18.1. The molecule has 3 aromatic carbocycles. The molecule has 0 radical (unpaired) electrons. The Morgan fingerprint density at radius 2 is 1.74 bits per heavy atom. The van der Waals surface area contributed by atoms with Crippen molar-refractivity contribution in [1.29, 1.82) is 0 Å². The van der Waals surface area contributed by atoms with Gasteiger partial charge in [-0.2, -0.15) is 0 Å². The fourth-order valence-electron chi connectivity index (χ4n) is 4.96. The summed E-state index contributed by atoms with van der Waals surface area (Å²) < 4.78 is 0. The molecule has 1 aliphatic carbocycles. The third-order valence-corrected chi connectivity index (χ3v) is 6.66. The second-order valence-corrected chi connectivity index (χ2v) is 8.82. The molecule has 0 amide bonds. The lowest BCUT2D eigenvalue weighted by atomic mass is 9.74. The molecule has 0 bridgehead atoms. The van der Waals surface area contributed by atoms with E-state index in [0.29, 0.717) is 0 Å². The SMILES string of the molecule is CCN1C(=CC2C(=O)C(=[NH+]c3ccccc3)C2[O-])C(C)(C)c2ccc3ccccc3c21. The topological polar surface area (TPSA) is 57.3 Å². The normalized spacial score (nSPS) is 24.6. The van der Waals surface area contributed by atoms with Crippen LogP contribution in [0.15, 0.2) is 78.5 Å². The molecule has 1 fully saturated rings. The summed E-state index contributed by atoms with van der Waals surface area (Å²) in [6, 6.07) is 22.1. The van der Waals surface area contributed by atoms with Gasteiger partial charge in [-0.3, -0.25) is 4.79 Å². The van der Waals surface area contributed by atoms with Gasteiger partial charge in [0.05, 0.1) is 5.69 Å². The van der Waals surface area contributed by atoms with Gasteiger partial charge in [0.2, 0.25) is 17.2 Å². The quantitative estimate of drug-likeness (QED) is 0.722. The summed E-state index contributed by atoms with van der Waals surface area (Å²) >= 11 is 0. The van der Waals surface area contributed by atoms with Crippen LogP contribution in [0.25, 0.3) is 10.8 Å². The van der Waals surface area contributed by atoms with Gasteiger partial charge in [0, 0.05) is 41.1 Å². The summed E-state index contributed by atoms with van der Waals surface area (Å²) in [4.78, 5) is 18.2. The summed E-state index contributed by atoms with van der Waals surface area (Å²) in [7, 11) is 0. The first-order chi connectivity index (χ1) is 14.9. The van der Waals surface area contributed by atoms with Crippen LogP contribution in [0.5, 0.6) is 0 Å². The molecular formula is C27H26N2O2. The highest BCUT2D eigenvalue weighted by atomic mass is 16.3. The maximum Gasteiger partial charge on any atom is 0.227 e. The monoisotopic (exact) mass is 410 g/mol. The standard InChI is InChI=1S/C27H25N2O2/c1-4-29-22(16-20-25(30)23(26(20)31)28-18-11-6-5-7-12-18)27(2,3)21-15-14-17-10-8-9-13-19(17)24(21)29/h5-16,20,25H,4H2,1-3H3/q-1/p+1. The number of carbonyl (C=O) groups is 1. The first-order valence-corrected chi connectivity index (χ1v) is 10.8. The molecule has 156 valence electrons. The first-order valence-electron chi connectivity index (χ1n) is 10.8. The van der Waals surface area contributed by atoms with E-state index in [2.05, 4.69) is 61.0 Å². The average Bonchev–Trinajstić information content (AvgIpc) is 3.02. The Balaban J connectivity index is 1.55. The summed E-state index contributed by atoms with van der Waals surface area (Å²) in [5.74, 6) is -0.751. The summed E-state index contributed by atoms with van der Waals surface area (Å²) in [5, 5.41) is 15.4. The van der Waals surface area contributed by atoms with Crippen LogP contribution in [-0.4, -0.2) is 24.1 Å². The fraction of sp³-hybridized carbons (Fsp3) is 0.259. The van der Waals surface area contributed by atoms with E-state index in [9.17, 15) is 9.90 Å². The van der Waals surface area contributed by atoms with Gasteiger partial charge in [-0.05, 0) is 24.0 Å². The van der Waals surface area contributed by atoms with E-state index in [-0.39, 0.29) is 16.9 Å². The molecule has 1 N–H and O–H groups in total. The van der Waals surface area contributed by atoms with Crippen molar-refractivity contribution in [1.82, 2.24) is 0 Å². The molecule has 4 nitrogen and oxygen atoms in total. The van der Waals surface area contributed by atoms with Gasteiger partial charge in [0.1, 0.15) is 0 Å². The van der Waals surface area contributed by atoms with Crippen LogP contribution in [0.1, 0.15) is 26.3 Å². The van der Waals surface area contributed by atoms with E-state index in [4.69, 9.17) is 0 Å². The van der Waals surface area contributed by atoms with Gasteiger partial charge in [-0.1, -0.05) is 74.5 Å². The van der Waals surface area contributed by atoms with Gasteiger partial charge in [0.15, 0.2) is 0 Å². The molecule has 0 aromatic heterocycles. The van der Waals surface area contributed by atoms with Crippen molar-refractivity contribution in [2.24, 2.45) is 5.92 Å². The molecule has 5 rings (SSSR count). The van der Waals surface area contributed by atoms with E-state index in [1.807, 2.05) is 42.5 Å². The average molecular weight is 411 g/mol. The predicted octanol–water partition coefficient (Wildman–Crippen LogP) is 2.62. The third kappa shape index (κ3) is 2.94. The van der Waals surface area contributed by atoms with E-state index in [1.54, 1.807) is 0 Å². The molecular weight excluding hydrogens is 384 g/mol. The molecule has 2 atom stereocenters. The van der Waals surface area contributed by atoms with Crippen LogP contribution in [-0.2, 0) is 10.2 Å².